The molecule has 1 amide bonds. The Kier molecular flexibility index (Phi) is 71.9. The maximum absolute atomic E-state index is 12.5. The average Bonchev–Trinajstić information content (AvgIpc) is 3.51. The Morgan fingerprint density at radius 3 is 0.905 bits per heavy atom. The van der Waals surface area contributed by atoms with Crippen molar-refractivity contribution in [2.75, 3.05) is 13.2 Å². The summed E-state index contributed by atoms with van der Waals surface area (Å²) in [6, 6.07) is -0.628. The highest BCUT2D eigenvalue weighted by molar-refractivity contribution is 5.76. The van der Waals surface area contributed by atoms with Crippen molar-refractivity contribution >= 4 is 11.9 Å². The summed E-state index contributed by atoms with van der Waals surface area (Å²) in [5, 5.41) is 23.2. The number of unbranched alkanes of at least 4 members (excludes halogenated alkanes) is 57. The Balaban J connectivity index is 3.39. The van der Waals surface area contributed by atoms with Crippen molar-refractivity contribution in [3.05, 3.63) is 36.5 Å². The minimum Gasteiger partial charge on any atom is -0.466 e. The van der Waals surface area contributed by atoms with Crippen molar-refractivity contribution < 1.29 is 24.5 Å². The first-order valence-corrected chi connectivity index (χ1v) is 38.3. The number of hydrogen-bond acceptors (Lipinski definition) is 5. The molecule has 0 fully saturated rings. The number of ether oxygens (including phenoxy) is 1. The molecule has 0 heterocycles. The quantitative estimate of drug-likeness (QED) is 0.0320. The lowest BCUT2D eigenvalue weighted by atomic mass is 10.0. The minimum absolute atomic E-state index is 0.0184. The van der Waals surface area contributed by atoms with Crippen LogP contribution in [0.15, 0.2) is 36.5 Å². The number of aliphatic hydroxyl groups excluding tert-OH is 2. The van der Waals surface area contributed by atoms with Crippen molar-refractivity contribution in [3.63, 3.8) is 0 Å². The molecule has 0 bridgehead atoms. The van der Waals surface area contributed by atoms with E-state index < -0.39 is 12.1 Å². The summed E-state index contributed by atoms with van der Waals surface area (Å²) < 4.78 is 5.51. The lowest BCUT2D eigenvalue weighted by Gasteiger charge is -2.20. The summed E-state index contributed by atoms with van der Waals surface area (Å²) in [5.74, 6) is -0.0459. The van der Waals surface area contributed by atoms with Gasteiger partial charge in [-0.05, 0) is 64.2 Å². The third-order valence-corrected chi connectivity index (χ3v) is 17.9. The lowest BCUT2D eigenvalue weighted by Crippen LogP contribution is -2.45. The van der Waals surface area contributed by atoms with E-state index in [1.54, 1.807) is 6.08 Å². The summed E-state index contributed by atoms with van der Waals surface area (Å²) >= 11 is 0. The highest BCUT2D eigenvalue weighted by Gasteiger charge is 2.18. The number of allylic oxidation sites excluding steroid dienone is 5. The number of carbonyl (C=O) groups excluding carboxylic acids is 2. The fraction of sp³-hybridized carbons (Fsp3) is 0.897. The van der Waals surface area contributed by atoms with E-state index in [-0.39, 0.29) is 18.5 Å². The molecule has 6 nitrogen and oxygen atoms in total. The van der Waals surface area contributed by atoms with Crippen LogP contribution in [-0.4, -0.2) is 47.4 Å². The second-order valence-corrected chi connectivity index (χ2v) is 26.3. The maximum atomic E-state index is 12.5. The number of carbonyl (C=O) groups is 2. The Hall–Kier alpha value is -1.92. The van der Waals surface area contributed by atoms with Gasteiger partial charge < -0.3 is 20.3 Å². The molecule has 0 spiro atoms. The monoisotopic (exact) mass is 1180 g/mol. The summed E-state index contributed by atoms with van der Waals surface area (Å²) in [6.07, 6.45) is 95.4. The van der Waals surface area contributed by atoms with E-state index in [0.29, 0.717) is 19.4 Å². The number of hydrogen-bond donors (Lipinski definition) is 3. The normalized spacial score (nSPS) is 12.7. The molecule has 3 N–H and O–H groups in total. The number of aliphatic hydroxyl groups is 2. The number of esters is 1. The highest BCUT2D eigenvalue weighted by Crippen LogP contribution is 2.19. The molecule has 0 aromatic carbocycles. The number of nitrogens with one attached hydrogen (secondary N) is 1. The fourth-order valence-electron chi connectivity index (χ4n) is 12.1. The van der Waals surface area contributed by atoms with Crippen LogP contribution in [0.25, 0.3) is 0 Å². The van der Waals surface area contributed by atoms with Crippen LogP contribution in [0.5, 0.6) is 0 Å². The molecule has 496 valence electrons. The van der Waals surface area contributed by atoms with Gasteiger partial charge in [-0.25, -0.2) is 0 Å². The van der Waals surface area contributed by atoms with E-state index in [2.05, 4.69) is 43.5 Å². The zero-order valence-electron chi connectivity index (χ0n) is 56.9. The average molecular weight is 1180 g/mol. The van der Waals surface area contributed by atoms with E-state index in [1.165, 1.54) is 353 Å². The zero-order chi connectivity index (χ0) is 60.6. The van der Waals surface area contributed by atoms with Crippen LogP contribution in [-0.2, 0) is 14.3 Å². The largest absolute Gasteiger partial charge is 0.466 e. The Morgan fingerprint density at radius 1 is 0.333 bits per heavy atom. The molecule has 0 aromatic heterocycles. The van der Waals surface area contributed by atoms with Crippen LogP contribution in [0.2, 0.25) is 0 Å². The van der Waals surface area contributed by atoms with Gasteiger partial charge in [-0.2, -0.15) is 0 Å². The first-order chi connectivity index (χ1) is 41.5. The molecular formula is C78H149NO5. The molecule has 0 rings (SSSR count). The van der Waals surface area contributed by atoms with Gasteiger partial charge in [0.1, 0.15) is 0 Å². The van der Waals surface area contributed by atoms with E-state index >= 15 is 0 Å². The molecule has 0 radical (unpaired) electrons. The minimum atomic E-state index is -0.845. The maximum Gasteiger partial charge on any atom is 0.305 e. The van der Waals surface area contributed by atoms with Gasteiger partial charge in [0.15, 0.2) is 0 Å². The highest BCUT2D eigenvalue weighted by atomic mass is 16.5. The van der Waals surface area contributed by atoms with Crippen molar-refractivity contribution in [2.24, 2.45) is 0 Å². The van der Waals surface area contributed by atoms with Crippen LogP contribution < -0.4 is 5.32 Å². The van der Waals surface area contributed by atoms with Gasteiger partial charge in [0.05, 0.1) is 25.4 Å². The van der Waals surface area contributed by atoms with Crippen molar-refractivity contribution in [3.8, 4) is 0 Å². The van der Waals surface area contributed by atoms with Gasteiger partial charge >= 0.3 is 5.97 Å². The summed E-state index contributed by atoms with van der Waals surface area (Å²) in [4.78, 5) is 24.6. The Morgan fingerprint density at radius 2 is 0.595 bits per heavy atom. The van der Waals surface area contributed by atoms with Gasteiger partial charge in [0.2, 0.25) is 5.91 Å². The van der Waals surface area contributed by atoms with Crippen LogP contribution in [0.3, 0.4) is 0 Å². The molecule has 0 saturated carbocycles. The molecular weight excluding hydrogens is 1030 g/mol. The van der Waals surface area contributed by atoms with Gasteiger partial charge in [-0.3, -0.25) is 9.59 Å². The molecule has 0 saturated heterocycles. The van der Waals surface area contributed by atoms with E-state index in [4.69, 9.17) is 4.74 Å². The molecule has 0 aliphatic carbocycles. The lowest BCUT2D eigenvalue weighted by molar-refractivity contribution is -0.143. The second kappa shape index (κ2) is 73.5. The summed E-state index contributed by atoms with van der Waals surface area (Å²) in [7, 11) is 0. The second-order valence-electron chi connectivity index (χ2n) is 26.3. The van der Waals surface area contributed by atoms with Gasteiger partial charge in [0, 0.05) is 12.8 Å². The topological polar surface area (TPSA) is 95.9 Å². The molecule has 2 atom stereocenters. The van der Waals surface area contributed by atoms with Crippen LogP contribution in [0, 0.1) is 0 Å². The molecule has 6 heteroatoms. The van der Waals surface area contributed by atoms with Crippen LogP contribution in [0.4, 0.5) is 0 Å². The third-order valence-electron chi connectivity index (χ3n) is 17.9. The summed E-state index contributed by atoms with van der Waals surface area (Å²) in [6.45, 7) is 4.95. The summed E-state index contributed by atoms with van der Waals surface area (Å²) in [5.41, 5.74) is 0. The van der Waals surface area contributed by atoms with E-state index in [1.807, 2.05) is 6.08 Å². The first-order valence-electron chi connectivity index (χ1n) is 38.3. The molecule has 84 heavy (non-hydrogen) atoms. The predicted molar refractivity (Wildman–Crippen MR) is 370 cm³/mol. The van der Waals surface area contributed by atoms with Gasteiger partial charge in [-0.1, -0.05) is 384 Å². The third kappa shape index (κ3) is 69.2. The first kappa shape index (κ1) is 82.1. The molecule has 0 aliphatic heterocycles. The SMILES string of the molecule is CCCCCCCCCCCCCCCCC/C=C/C(O)C(CO)NC(=O)CCCCCCCCCCCCCCCCC/C=C\C/C=C\CCCCCCCCCCCOC(=O)CCCCCCCCCCCCCCCCCCCCC. The van der Waals surface area contributed by atoms with Crippen molar-refractivity contribution in [1.82, 2.24) is 5.32 Å². The van der Waals surface area contributed by atoms with E-state index in [0.717, 1.165) is 44.9 Å². The number of amides is 1. The van der Waals surface area contributed by atoms with Gasteiger partial charge in [0.25, 0.3) is 0 Å². The Labute approximate surface area is 525 Å². The van der Waals surface area contributed by atoms with Crippen molar-refractivity contribution in [2.45, 2.75) is 437 Å². The standard InChI is InChI=1S/C78H149NO5/c1-3-5-7-9-11-13-15-17-19-21-35-40-44-48-52-56-60-64-68-72-78(83)84-73-69-65-61-57-53-49-45-41-37-34-32-30-28-26-24-22-23-25-27-29-31-33-36-39-43-47-51-55-59-63-67-71-77(82)79-75(74-80)76(81)70-66-62-58-54-50-46-42-38-20-18-16-14-12-10-8-6-4-2/h24,26,30,32,66,70,75-76,80-81H,3-23,25,27-29,31,33-65,67-69,71-74H2,1-2H3,(H,79,82)/b26-24-,32-30-,70-66+. The van der Waals surface area contributed by atoms with Crippen molar-refractivity contribution in [1.29, 1.82) is 0 Å². The van der Waals surface area contributed by atoms with Crippen LogP contribution >= 0.6 is 0 Å². The molecule has 0 aliphatic rings. The Bertz CT molecular complexity index is 1360. The smallest absolute Gasteiger partial charge is 0.305 e. The number of rotatable bonds is 72. The zero-order valence-corrected chi connectivity index (χ0v) is 56.9. The van der Waals surface area contributed by atoms with E-state index in [9.17, 15) is 19.8 Å². The molecule has 0 aromatic rings. The fourth-order valence-corrected chi connectivity index (χ4v) is 12.1. The van der Waals surface area contributed by atoms with Gasteiger partial charge in [-0.15, -0.1) is 0 Å². The molecule has 2 unspecified atom stereocenters. The predicted octanol–water partition coefficient (Wildman–Crippen LogP) is 25.0. The van der Waals surface area contributed by atoms with Crippen LogP contribution in [0.1, 0.15) is 425 Å².